The number of rotatable bonds is 10. The minimum absolute atomic E-state index is 0. The first kappa shape index (κ1) is 27.3. The molecule has 2 saturated heterocycles. The first-order valence-electron chi connectivity index (χ1n) is 11.8. The van der Waals surface area contributed by atoms with Crippen molar-refractivity contribution in [1.29, 1.82) is 0 Å². The lowest BCUT2D eigenvalue weighted by Gasteiger charge is -2.26. The fourth-order valence-electron chi connectivity index (χ4n) is 4.60. The van der Waals surface area contributed by atoms with Gasteiger partial charge in [-0.15, -0.1) is 35.3 Å². The Balaban J connectivity index is 0.00000363. The number of likely N-dealkylation sites (tertiary alicyclic amines) is 2. The van der Waals surface area contributed by atoms with Crippen molar-refractivity contribution in [2.24, 2.45) is 4.99 Å². The number of hydrogen-bond donors (Lipinski definition) is 2. The third-order valence-corrected chi connectivity index (χ3v) is 7.20. The average Bonchev–Trinajstić information content (AvgIpc) is 3.53. The zero-order valence-electron chi connectivity index (χ0n) is 19.9. The first-order chi connectivity index (χ1) is 15.1. The number of amides is 1. The van der Waals surface area contributed by atoms with Crippen molar-refractivity contribution >= 4 is 47.2 Å². The number of aliphatic imine (C=N–C) groups is 1. The molecule has 182 valence electrons. The SMILES string of the molecule is CCNC(=NCC(c1cccs1)N1CCCC1)NCCCN1CCCC1C(=O)N(C)C.I. The maximum Gasteiger partial charge on any atom is 0.239 e. The Morgan fingerprint density at radius 3 is 2.69 bits per heavy atom. The molecule has 0 aliphatic carbocycles. The number of thiophene rings is 1. The molecule has 1 aromatic heterocycles. The molecule has 9 heteroatoms. The second-order valence-corrected chi connectivity index (χ2v) is 9.68. The van der Waals surface area contributed by atoms with E-state index >= 15 is 0 Å². The molecule has 0 spiro atoms. The van der Waals surface area contributed by atoms with Gasteiger partial charge in [-0.05, 0) is 70.1 Å². The molecule has 2 fully saturated rings. The van der Waals surface area contributed by atoms with E-state index in [9.17, 15) is 4.79 Å². The number of nitrogens with one attached hydrogen (secondary N) is 2. The first-order valence-corrected chi connectivity index (χ1v) is 12.7. The van der Waals surface area contributed by atoms with Crippen molar-refractivity contribution < 1.29 is 4.79 Å². The molecule has 2 aliphatic rings. The second kappa shape index (κ2) is 14.4. The highest BCUT2D eigenvalue weighted by molar-refractivity contribution is 14.0. The van der Waals surface area contributed by atoms with Crippen molar-refractivity contribution in [1.82, 2.24) is 25.3 Å². The zero-order chi connectivity index (χ0) is 22.1. The summed E-state index contributed by atoms with van der Waals surface area (Å²) in [5, 5.41) is 9.06. The standard InChI is InChI=1S/C23H40N6OS.HI/c1-4-24-23(25-12-9-16-28-15-7-10-19(28)22(30)27(2)3)26-18-20(21-11-8-17-31-21)29-13-5-6-14-29;/h8,11,17,19-20H,4-7,9-10,12-16,18H2,1-3H3,(H2,24,25,26);1H. The van der Waals surface area contributed by atoms with E-state index in [0.717, 1.165) is 57.9 Å². The Bertz CT molecular complexity index is 693. The Labute approximate surface area is 215 Å². The maximum atomic E-state index is 12.4. The molecule has 2 unspecified atom stereocenters. The van der Waals surface area contributed by atoms with Crippen LogP contribution >= 0.6 is 35.3 Å². The lowest BCUT2D eigenvalue weighted by atomic mass is 10.2. The topological polar surface area (TPSA) is 63.2 Å². The van der Waals surface area contributed by atoms with Gasteiger partial charge in [0.25, 0.3) is 0 Å². The number of halogens is 1. The van der Waals surface area contributed by atoms with Gasteiger partial charge in [-0.3, -0.25) is 19.6 Å². The summed E-state index contributed by atoms with van der Waals surface area (Å²) in [7, 11) is 3.70. The summed E-state index contributed by atoms with van der Waals surface area (Å²) in [6.45, 7) is 8.91. The van der Waals surface area contributed by atoms with Crippen LogP contribution < -0.4 is 10.6 Å². The van der Waals surface area contributed by atoms with Crippen LogP contribution in [0.5, 0.6) is 0 Å². The van der Waals surface area contributed by atoms with Crippen LogP contribution in [0.4, 0.5) is 0 Å². The Kier molecular flexibility index (Phi) is 12.3. The quantitative estimate of drug-likeness (QED) is 0.194. The Morgan fingerprint density at radius 1 is 1.25 bits per heavy atom. The largest absolute Gasteiger partial charge is 0.357 e. The van der Waals surface area contributed by atoms with E-state index in [-0.39, 0.29) is 35.9 Å². The molecule has 3 heterocycles. The molecular formula is C23H41IN6OS. The predicted octanol–water partition coefficient (Wildman–Crippen LogP) is 3.00. The molecule has 32 heavy (non-hydrogen) atoms. The van der Waals surface area contributed by atoms with Crippen LogP contribution in [0.3, 0.4) is 0 Å². The van der Waals surface area contributed by atoms with Crippen molar-refractivity contribution in [2.45, 2.75) is 51.1 Å². The second-order valence-electron chi connectivity index (χ2n) is 8.70. The Morgan fingerprint density at radius 2 is 2.03 bits per heavy atom. The van der Waals surface area contributed by atoms with Crippen molar-refractivity contribution in [2.75, 3.05) is 59.9 Å². The van der Waals surface area contributed by atoms with Crippen LogP contribution in [0.25, 0.3) is 0 Å². The lowest BCUT2D eigenvalue weighted by molar-refractivity contribution is -0.133. The van der Waals surface area contributed by atoms with Crippen LogP contribution in [-0.2, 0) is 4.79 Å². The summed E-state index contributed by atoms with van der Waals surface area (Å²) in [6.07, 6.45) is 5.68. The van der Waals surface area contributed by atoms with Gasteiger partial charge >= 0.3 is 0 Å². The van der Waals surface area contributed by atoms with E-state index in [4.69, 9.17) is 4.99 Å². The van der Waals surface area contributed by atoms with Gasteiger partial charge in [0, 0.05) is 38.6 Å². The summed E-state index contributed by atoms with van der Waals surface area (Å²) in [6, 6.07) is 4.82. The molecular weight excluding hydrogens is 535 g/mol. The highest BCUT2D eigenvalue weighted by Crippen LogP contribution is 2.28. The highest BCUT2D eigenvalue weighted by atomic mass is 127. The smallest absolute Gasteiger partial charge is 0.239 e. The van der Waals surface area contributed by atoms with Gasteiger partial charge in [-0.25, -0.2) is 0 Å². The molecule has 0 bridgehead atoms. The van der Waals surface area contributed by atoms with Crippen LogP contribution in [0, 0.1) is 0 Å². The molecule has 2 N–H and O–H groups in total. The predicted molar refractivity (Wildman–Crippen MR) is 145 cm³/mol. The van der Waals surface area contributed by atoms with E-state index in [1.807, 2.05) is 25.4 Å². The number of hydrogen-bond acceptors (Lipinski definition) is 5. The van der Waals surface area contributed by atoms with Gasteiger partial charge in [0.15, 0.2) is 5.96 Å². The maximum absolute atomic E-state index is 12.4. The molecule has 0 aromatic carbocycles. The van der Waals surface area contributed by atoms with Gasteiger partial charge in [0.05, 0.1) is 18.6 Å². The van der Waals surface area contributed by atoms with Crippen LogP contribution in [-0.4, -0.2) is 92.5 Å². The van der Waals surface area contributed by atoms with E-state index in [1.165, 1.54) is 30.8 Å². The fraction of sp³-hybridized carbons (Fsp3) is 0.739. The van der Waals surface area contributed by atoms with Gasteiger partial charge in [0.2, 0.25) is 5.91 Å². The summed E-state index contributed by atoms with van der Waals surface area (Å²) in [5.41, 5.74) is 0. The summed E-state index contributed by atoms with van der Waals surface area (Å²) in [5.74, 6) is 1.13. The van der Waals surface area contributed by atoms with E-state index in [1.54, 1.807) is 4.90 Å². The summed E-state index contributed by atoms with van der Waals surface area (Å²) in [4.78, 5) is 25.4. The molecule has 2 atom stereocenters. The number of carbonyl (C=O) groups excluding carboxylic acids is 1. The lowest BCUT2D eigenvalue weighted by Crippen LogP contribution is -2.44. The van der Waals surface area contributed by atoms with Gasteiger partial charge in [-0.1, -0.05) is 6.07 Å². The monoisotopic (exact) mass is 576 g/mol. The van der Waals surface area contributed by atoms with Gasteiger partial charge < -0.3 is 15.5 Å². The molecule has 0 saturated carbocycles. The van der Waals surface area contributed by atoms with Crippen molar-refractivity contribution in [3.63, 3.8) is 0 Å². The highest BCUT2D eigenvalue weighted by Gasteiger charge is 2.31. The van der Waals surface area contributed by atoms with Gasteiger partial charge in [0.1, 0.15) is 0 Å². The fourth-order valence-corrected chi connectivity index (χ4v) is 5.45. The number of guanidine groups is 1. The van der Waals surface area contributed by atoms with Gasteiger partial charge in [-0.2, -0.15) is 0 Å². The third kappa shape index (κ3) is 7.85. The van der Waals surface area contributed by atoms with Crippen molar-refractivity contribution in [3.05, 3.63) is 22.4 Å². The van der Waals surface area contributed by atoms with E-state index in [2.05, 4.69) is 44.9 Å². The Hall–Kier alpha value is -0.910. The molecule has 7 nitrogen and oxygen atoms in total. The minimum atomic E-state index is 0. The van der Waals surface area contributed by atoms with Crippen LogP contribution in [0.1, 0.15) is 49.9 Å². The number of nitrogens with zero attached hydrogens (tertiary/aromatic N) is 4. The molecule has 1 amide bonds. The summed E-state index contributed by atoms with van der Waals surface area (Å²) >= 11 is 1.83. The molecule has 3 rings (SSSR count). The number of carbonyl (C=O) groups is 1. The third-order valence-electron chi connectivity index (χ3n) is 6.22. The molecule has 1 aromatic rings. The normalized spacial score (nSPS) is 20.7. The van der Waals surface area contributed by atoms with Crippen molar-refractivity contribution in [3.8, 4) is 0 Å². The van der Waals surface area contributed by atoms with Crippen LogP contribution in [0.15, 0.2) is 22.5 Å². The average molecular weight is 577 g/mol. The zero-order valence-corrected chi connectivity index (χ0v) is 23.0. The molecule has 0 radical (unpaired) electrons. The number of likely N-dealkylation sites (N-methyl/N-ethyl adjacent to an activating group) is 1. The van der Waals surface area contributed by atoms with E-state index < -0.39 is 0 Å². The molecule has 2 aliphatic heterocycles. The summed E-state index contributed by atoms with van der Waals surface area (Å²) < 4.78 is 0. The minimum Gasteiger partial charge on any atom is -0.357 e. The van der Waals surface area contributed by atoms with E-state index in [0.29, 0.717) is 6.04 Å². The van der Waals surface area contributed by atoms with Crippen LogP contribution in [0.2, 0.25) is 0 Å².